The topological polar surface area (TPSA) is 51.8 Å². The second kappa shape index (κ2) is 14.1. The molecule has 4 heteroatoms. The molecule has 0 radical (unpaired) electrons. The first-order chi connectivity index (χ1) is 14.0. The first-order valence-electron chi connectivity index (χ1n) is 9.35. The van der Waals surface area contributed by atoms with E-state index in [1.54, 1.807) is 30.7 Å². The summed E-state index contributed by atoms with van der Waals surface area (Å²) in [6.45, 7) is 4.19. The van der Waals surface area contributed by atoms with E-state index >= 15 is 0 Å². The minimum absolute atomic E-state index is 0. The summed E-state index contributed by atoms with van der Waals surface area (Å²) in [4.78, 5) is 7.86. The zero-order valence-electron chi connectivity index (χ0n) is 16.8. The van der Waals surface area contributed by atoms with Crippen molar-refractivity contribution in [1.82, 2.24) is 9.97 Å². The van der Waals surface area contributed by atoms with Crippen LogP contribution in [0.4, 0.5) is 5.69 Å². The minimum Gasteiger partial charge on any atom is -0.397 e. The summed E-state index contributed by atoms with van der Waals surface area (Å²) in [5, 5.41) is 0. The monoisotopic (exact) mass is 463 g/mol. The SMILES string of the molecule is C.Cc1cccc(Br)c1.Cc1cccc(Cc2cccnc2)c1.Nc1cccnc1. The van der Waals surface area contributed by atoms with Crippen LogP contribution in [-0.4, -0.2) is 9.97 Å². The lowest BCUT2D eigenvalue weighted by Gasteiger charge is -2.01. The molecule has 0 fully saturated rings. The van der Waals surface area contributed by atoms with Crippen molar-refractivity contribution in [3.8, 4) is 0 Å². The molecule has 0 aliphatic rings. The largest absolute Gasteiger partial charge is 0.397 e. The van der Waals surface area contributed by atoms with Crippen LogP contribution in [0.1, 0.15) is 29.7 Å². The van der Waals surface area contributed by atoms with E-state index in [9.17, 15) is 0 Å². The first-order valence-corrected chi connectivity index (χ1v) is 10.1. The van der Waals surface area contributed by atoms with Crippen molar-refractivity contribution in [2.75, 3.05) is 5.73 Å². The van der Waals surface area contributed by atoms with E-state index in [1.807, 2.05) is 24.4 Å². The number of nitrogens with two attached hydrogens (primary N) is 1. The molecule has 2 N–H and O–H groups in total. The van der Waals surface area contributed by atoms with Crippen molar-refractivity contribution in [3.63, 3.8) is 0 Å². The van der Waals surface area contributed by atoms with Crippen LogP contribution in [0.2, 0.25) is 0 Å². The Morgan fingerprint density at radius 2 is 1.33 bits per heavy atom. The Kier molecular flexibility index (Phi) is 11.8. The molecular weight excluding hydrogens is 434 g/mol. The van der Waals surface area contributed by atoms with Gasteiger partial charge in [0.2, 0.25) is 0 Å². The van der Waals surface area contributed by atoms with Gasteiger partial charge in [0.1, 0.15) is 0 Å². The molecule has 2 heterocycles. The highest BCUT2D eigenvalue weighted by Crippen LogP contribution is 2.10. The smallest absolute Gasteiger partial charge is 0.0500 e. The summed E-state index contributed by atoms with van der Waals surface area (Å²) in [6, 6.07) is 24.5. The number of aryl methyl sites for hydroxylation is 2. The molecule has 3 nitrogen and oxygen atoms in total. The Morgan fingerprint density at radius 1 is 0.733 bits per heavy atom. The van der Waals surface area contributed by atoms with Gasteiger partial charge in [-0.25, -0.2) is 0 Å². The molecule has 30 heavy (non-hydrogen) atoms. The zero-order chi connectivity index (χ0) is 20.9. The van der Waals surface area contributed by atoms with E-state index in [0.717, 1.165) is 10.9 Å². The average Bonchev–Trinajstić information content (AvgIpc) is 2.70. The van der Waals surface area contributed by atoms with Gasteiger partial charge in [-0.3, -0.25) is 9.97 Å². The maximum atomic E-state index is 5.30. The predicted molar refractivity (Wildman–Crippen MR) is 132 cm³/mol. The summed E-state index contributed by atoms with van der Waals surface area (Å²) < 4.78 is 1.15. The second-order valence-electron chi connectivity index (χ2n) is 6.61. The van der Waals surface area contributed by atoms with Crippen LogP contribution < -0.4 is 5.73 Å². The molecule has 2 aromatic carbocycles. The molecule has 0 bridgehead atoms. The van der Waals surface area contributed by atoms with Crippen LogP contribution >= 0.6 is 15.9 Å². The molecule has 4 rings (SSSR count). The van der Waals surface area contributed by atoms with Crippen LogP contribution in [0.25, 0.3) is 0 Å². The van der Waals surface area contributed by atoms with Gasteiger partial charge in [0.05, 0.1) is 5.69 Å². The number of pyridine rings is 2. The third kappa shape index (κ3) is 10.5. The van der Waals surface area contributed by atoms with Crippen LogP contribution in [-0.2, 0) is 6.42 Å². The molecule has 0 aliphatic heterocycles. The number of nitrogens with zero attached hydrogens (tertiary/aromatic N) is 2. The van der Waals surface area contributed by atoms with Gasteiger partial charge in [0.25, 0.3) is 0 Å². The summed E-state index contributed by atoms with van der Waals surface area (Å²) in [5.41, 5.74) is 11.2. The van der Waals surface area contributed by atoms with Crippen LogP contribution in [0.5, 0.6) is 0 Å². The van der Waals surface area contributed by atoms with E-state index < -0.39 is 0 Å². The zero-order valence-corrected chi connectivity index (χ0v) is 18.4. The molecular formula is C26H30BrN3. The molecule has 4 aromatic rings. The fraction of sp³-hybridized carbons (Fsp3) is 0.154. The number of hydrogen-bond acceptors (Lipinski definition) is 3. The molecule has 0 saturated carbocycles. The van der Waals surface area contributed by atoms with Crippen molar-refractivity contribution in [3.05, 3.63) is 124 Å². The highest BCUT2D eigenvalue weighted by atomic mass is 79.9. The maximum absolute atomic E-state index is 5.30. The summed E-state index contributed by atoms with van der Waals surface area (Å²) >= 11 is 3.36. The molecule has 0 amide bonds. The van der Waals surface area contributed by atoms with Crippen LogP contribution in [0, 0.1) is 13.8 Å². The van der Waals surface area contributed by atoms with Crippen LogP contribution in [0.3, 0.4) is 0 Å². The number of hydrogen-bond donors (Lipinski definition) is 1. The number of rotatable bonds is 2. The molecule has 2 aromatic heterocycles. The number of benzene rings is 2. The van der Waals surface area contributed by atoms with Gasteiger partial charge >= 0.3 is 0 Å². The summed E-state index contributed by atoms with van der Waals surface area (Å²) in [6.07, 6.45) is 7.99. The predicted octanol–water partition coefficient (Wildman–Crippen LogP) is 7.04. The molecule has 0 aliphatic carbocycles. The van der Waals surface area contributed by atoms with E-state index in [1.165, 1.54) is 22.3 Å². The van der Waals surface area contributed by atoms with Crippen LogP contribution in [0.15, 0.2) is 102 Å². The number of nitrogen functional groups attached to an aromatic ring is 1. The molecule has 0 unspecified atom stereocenters. The maximum Gasteiger partial charge on any atom is 0.0500 e. The van der Waals surface area contributed by atoms with Gasteiger partial charge < -0.3 is 5.73 Å². The van der Waals surface area contributed by atoms with Gasteiger partial charge in [-0.1, -0.05) is 76.9 Å². The first kappa shape index (κ1) is 25.1. The van der Waals surface area contributed by atoms with Gasteiger partial charge in [-0.2, -0.15) is 0 Å². The molecule has 0 atom stereocenters. The van der Waals surface area contributed by atoms with Crippen molar-refractivity contribution < 1.29 is 0 Å². The second-order valence-corrected chi connectivity index (χ2v) is 7.53. The number of anilines is 1. The van der Waals surface area contributed by atoms with E-state index in [2.05, 4.69) is 82.2 Å². The fourth-order valence-electron chi connectivity index (χ4n) is 2.54. The molecule has 0 spiro atoms. The normalized spacial score (nSPS) is 9.17. The standard InChI is InChI=1S/C13H13N.C7H7Br.C5H6N2.CH4/c1-11-4-2-5-12(8-11)9-13-6-3-7-14-10-13;1-6-3-2-4-7(8)5-6;6-5-2-1-3-7-4-5;/h2-8,10H,9H2,1H3;2-5H,1H3;1-4H,6H2;1H4. The lowest BCUT2D eigenvalue weighted by Crippen LogP contribution is -1.88. The number of halogens is 1. The van der Waals surface area contributed by atoms with Gasteiger partial charge in [0.15, 0.2) is 0 Å². The van der Waals surface area contributed by atoms with Crippen molar-refractivity contribution in [1.29, 1.82) is 0 Å². The number of aromatic nitrogens is 2. The van der Waals surface area contributed by atoms with E-state index in [-0.39, 0.29) is 7.43 Å². The highest BCUT2D eigenvalue weighted by molar-refractivity contribution is 9.10. The summed E-state index contributed by atoms with van der Waals surface area (Å²) in [5.74, 6) is 0. The third-order valence-corrected chi connectivity index (χ3v) is 4.37. The van der Waals surface area contributed by atoms with Crippen molar-refractivity contribution >= 4 is 21.6 Å². The third-order valence-electron chi connectivity index (χ3n) is 3.88. The Morgan fingerprint density at radius 3 is 1.77 bits per heavy atom. The molecule has 0 saturated heterocycles. The lowest BCUT2D eigenvalue weighted by molar-refractivity contribution is 1.14. The van der Waals surface area contributed by atoms with Gasteiger partial charge in [0, 0.05) is 29.3 Å². The summed E-state index contributed by atoms with van der Waals surface area (Å²) in [7, 11) is 0. The van der Waals surface area contributed by atoms with Crippen molar-refractivity contribution in [2.45, 2.75) is 27.7 Å². The lowest BCUT2D eigenvalue weighted by atomic mass is 10.0. The van der Waals surface area contributed by atoms with E-state index in [4.69, 9.17) is 5.73 Å². The Labute approximate surface area is 189 Å². The van der Waals surface area contributed by atoms with Gasteiger partial charge in [-0.05, 0) is 61.7 Å². The Balaban J connectivity index is 0.000000241. The Hall–Kier alpha value is -2.98. The van der Waals surface area contributed by atoms with E-state index in [0.29, 0.717) is 5.69 Å². The highest BCUT2D eigenvalue weighted by Gasteiger charge is 1.95. The fourth-order valence-corrected chi connectivity index (χ4v) is 3.06. The van der Waals surface area contributed by atoms with Crippen molar-refractivity contribution in [2.24, 2.45) is 0 Å². The quantitative estimate of drug-likeness (QED) is 0.346. The average molecular weight is 464 g/mol. The molecule has 156 valence electrons. The Bertz CT molecular complexity index is 956. The van der Waals surface area contributed by atoms with Gasteiger partial charge in [-0.15, -0.1) is 0 Å². The minimum atomic E-state index is 0.